The lowest BCUT2D eigenvalue weighted by Crippen LogP contribution is -2.02. The van der Waals surface area contributed by atoms with Crippen LogP contribution in [0.2, 0.25) is 0 Å². The summed E-state index contributed by atoms with van der Waals surface area (Å²) in [5.41, 5.74) is 1.33. The minimum Gasteiger partial charge on any atom is -0.504 e. The Hall–Kier alpha value is -3.74. The molecule has 7 heteroatoms. The van der Waals surface area contributed by atoms with Gasteiger partial charge in [0, 0.05) is 0 Å². The van der Waals surface area contributed by atoms with Crippen molar-refractivity contribution in [3.05, 3.63) is 53.6 Å². The molecule has 0 aliphatic rings. The highest BCUT2D eigenvalue weighted by molar-refractivity contribution is 6.10. The highest BCUT2D eigenvalue weighted by Gasteiger charge is 2.12. The van der Waals surface area contributed by atoms with Crippen LogP contribution in [0, 0.1) is 0 Å². The summed E-state index contributed by atoms with van der Waals surface area (Å²) in [6.45, 7) is 0. The van der Waals surface area contributed by atoms with Gasteiger partial charge < -0.3 is 24.1 Å². The van der Waals surface area contributed by atoms with E-state index in [1.165, 1.54) is 46.7 Å². The molecule has 0 amide bonds. The predicted octanol–water partition coefficient (Wildman–Crippen LogP) is 3.68. The molecule has 0 aromatic heterocycles. The molecule has 0 radical (unpaired) electrons. The van der Waals surface area contributed by atoms with E-state index in [4.69, 9.17) is 18.9 Å². The van der Waals surface area contributed by atoms with Crippen molar-refractivity contribution < 1.29 is 33.6 Å². The largest absolute Gasteiger partial charge is 0.504 e. The van der Waals surface area contributed by atoms with Crippen LogP contribution in [0.5, 0.6) is 28.7 Å². The first-order valence-corrected chi connectivity index (χ1v) is 9.00. The summed E-state index contributed by atoms with van der Waals surface area (Å²) >= 11 is 0. The third kappa shape index (κ3) is 5.88. The van der Waals surface area contributed by atoms with Crippen molar-refractivity contribution in [1.29, 1.82) is 0 Å². The fourth-order valence-corrected chi connectivity index (χ4v) is 2.66. The molecular formula is C23H24O7. The molecule has 1 N–H and O–H groups in total. The Morgan fingerprint density at radius 3 is 1.77 bits per heavy atom. The van der Waals surface area contributed by atoms with Gasteiger partial charge in [0.1, 0.15) is 0 Å². The fourth-order valence-electron chi connectivity index (χ4n) is 2.66. The van der Waals surface area contributed by atoms with E-state index in [1.807, 2.05) is 0 Å². The van der Waals surface area contributed by atoms with E-state index in [9.17, 15) is 14.7 Å². The molecule has 0 spiro atoms. The van der Waals surface area contributed by atoms with Crippen LogP contribution >= 0.6 is 0 Å². The maximum atomic E-state index is 12.1. The minimum absolute atomic E-state index is 0.00749. The van der Waals surface area contributed by atoms with Crippen molar-refractivity contribution in [2.24, 2.45) is 0 Å². The first-order valence-electron chi connectivity index (χ1n) is 9.00. The van der Waals surface area contributed by atoms with E-state index in [-0.39, 0.29) is 23.7 Å². The molecule has 0 saturated carbocycles. The molecule has 0 atom stereocenters. The summed E-state index contributed by atoms with van der Waals surface area (Å²) in [6.07, 6.45) is 5.51. The van der Waals surface area contributed by atoms with E-state index in [1.54, 1.807) is 36.4 Å². The first-order chi connectivity index (χ1) is 14.4. The number of aromatic hydroxyl groups is 1. The molecular weight excluding hydrogens is 388 g/mol. The van der Waals surface area contributed by atoms with Crippen LogP contribution in [0.15, 0.2) is 42.5 Å². The third-order valence-electron chi connectivity index (χ3n) is 4.16. The second kappa shape index (κ2) is 10.7. The molecule has 2 rings (SSSR count). The van der Waals surface area contributed by atoms with E-state index >= 15 is 0 Å². The summed E-state index contributed by atoms with van der Waals surface area (Å²) in [6, 6.07) is 8.09. The van der Waals surface area contributed by atoms with Gasteiger partial charge >= 0.3 is 0 Å². The number of carbonyl (C=O) groups is 2. The highest BCUT2D eigenvalue weighted by atomic mass is 16.5. The Morgan fingerprint density at radius 2 is 1.27 bits per heavy atom. The number of hydrogen-bond acceptors (Lipinski definition) is 7. The first kappa shape index (κ1) is 22.5. The fraction of sp³-hybridized carbons (Fsp3) is 0.217. The lowest BCUT2D eigenvalue weighted by molar-refractivity contribution is -0.121. The molecule has 2 aromatic rings. The normalized spacial score (nSPS) is 10.9. The van der Waals surface area contributed by atoms with Gasteiger partial charge in [-0.2, -0.15) is 0 Å². The molecule has 158 valence electrons. The molecule has 2 aromatic carbocycles. The van der Waals surface area contributed by atoms with E-state index in [2.05, 4.69) is 0 Å². The molecule has 0 saturated heterocycles. The Kier molecular flexibility index (Phi) is 8.05. The van der Waals surface area contributed by atoms with Crippen LogP contribution in [0.3, 0.4) is 0 Å². The summed E-state index contributed by atoms with van der Waals surface area (Å²) in [5, 5.41) is 9.59. The van der Waals surface area contributed by atoms with Crippen LogP contribution in [-0.2, 0) is 9.59 Å². The Morgan fingerprint density at radius 1 is 0.767 bits per heavy atom. The number of phenols is 1. The van der Waals surface area contributed by atoms with Crippen molar-refractivity contribution in [3.8, 4) is 28.7 Å². The van der Waals surface area contributed by atoms with Gasteiger partial charge in [0.05, 0.1) is 34.9 Å². The molecule has 0 aliphatic heterocycles. The average Bonchev–Trinajstić information content (AvgIpc) is 2.76. The summed E-state index contributed by atoms with van der Waals surface area (Å²) in [4.78, 5) is 24.2. The van der Waals surface area contributed by atoms with E-state index in [0.29, 0.717) is 34.1 Å². The Labute approximate surface area is 175 Å². The number of carbonyl (C=O) groups excluding carboxylic acids is 2. The number of ether oxygens (including phenoxy) is 4. The average molecular weight is 412 g/mol. The third-order valence-corrected chi connectivity index (χ3v) is 4.16. The SMILES string of the molecule is COc1cc(C=CC(=O)CC(=O)C=Cc2cc(OC)c(OC)c(OC)c2)ccc1O. The molecule has 0 fully saturated rings. The molecule has 0 aliphatic carbocycles. The molecule has 7 nitrogen and oxygen atoms in total. The predicted molar refractivity (Wildman–Crippen MR) is 113 cm³/mol. The number of allylic oxidation sites excluding steroid dienone is 2. The zero-order valence-electron chi connectivity index (χ0n) is 17.3. The molecule has 30 heavy (non-hydrogen) atoms. The second-order valence-electron chi connectivity index (χ2n) is 6.17. The number of phenolic OH excluding ortho intramolecular Hbond substituents is 1. The summed E-state index contributed by atoms with van der Waals surface area (Å²) in [7, 11) is 5.95. The number of benzene rings is 2. The number of hydrogen-bond donors (Lipinski definition) is 1. The van der Waals surface area contributed by atoms with Crippen molar-refractivity contribution >= 4 is 23.7 Å². The van der Waals surface area contributed by atoms with Gasteiger partial charge in [0.15, 0.2) is 34.6 Å². The monoisotopic (exact) mass is 412 g/mol. The maximum Gasteiger partial charge on any atom is 0.203 e. The van der Waals surface area contributed by atoms with Crippen LogP contribution in [0.4, 0.5) is 0 Å². The van der Waals surface area contributed by atoms with Gasteiger partial charge in [0.2, 0.25) is 5.75 Å². The summed E-state index contributed by atoms with van der Waals surface area (Å²) < 4.78 is 20.8. The van der Waals surface area contributed by atoms with Crippen molar-refractivity contribution in [2.75, 3.05) is 28.4 Å². The number of rotatable bonds is 10. The lowest BCUT2D eigenvalue weighted by Gasteiger charge is -2.12. The van der Waals surface area contributed by atoms with Gasteiger partial charge in [-0.25, -0.2) is 0 Å². The van der Waals surface area contributed by atoms with E-state index in [0.717, 1.165) is 0 Å². The number of methoxy groups -OCH3 is 4. The van der Waals surface area contributed by atoms with Crippen LogP contribution in [-0.4, -0.2) is 45.1 Å². The second-order valence-corrected chi connectivity index (χ2v) is 6.17. The van der Waals surface area contributed by atoms with Gasteiger partial charge in [-0.3, -0.25) is 9.59 Å². The van der Waals surface area contributed by atoms with Crippen molar-refractivity contribution in [3.63, 3.8) is 0 Å². The Bertz CT molecular complexity index is 949. The van der Waals surface area contributed by atoms with Gasteiger partial charge in [-0.1, -0.05) is 18.2 Å². The number of ketones is 2. The van der Waals surface area contributed by atoms with Gasteiger partial charge in [-0.15, -0.1) is 0 Å². The zero-order valence-corrected chi connectivity index (χ0v) is 17.3. The highest BCUT2D eigenvalue weighted by Crippen LogP contribution is 2.38. The minimum atomic E-state index is -0.346. The van der Waals surface area contributed by atoms with Gasteiger partial charge in [-0.05, 0) is 47.5 Å². The zero-order chi connectivity index (χ0) is 22.1. The quantitative estimate of drug-likeness (QED) is 0.470. The van der Waals surface area contributed by atoms with Gasteiger partial charge in [0.25, 0.3) is 0 Å². The van der Waals surface area contributed by atoms with E-state index < -0.39 is 0 Å². The molecule has 0 heterocycles. The van der Waals surface area contributed by atoms with Crippen molar-refractivity contribution in [1.82, 2.24) is 0 Å². The standard InChI is InChI=1S/C23H24O7/c1-27-20-11-15(7-10-19(20)26)5-8-17(24)14-18(25)9-6-16-12-21(28-2)23(30-4)22(13-16)29-3/h5-13,26H,14H2,1-4H3. The molecule has 0 unspecified atom stereocenters. The smallest absolute Gasteiger partial charge is 0.203 e. The topological polar surface area (TPSA) is 91.3 Å². The maximum absolute atomic E-state index is 12.1. The van der Waals surface area contributed by atoms with Crippen LogP contribution in [0.25, 0.3) is 12.2 Å². The van der Waals surface area contributed by atoms with Crippen LogP contribution in [0.1, 0.15) is 17.5 Å². The van der Waals surface area contributed by atoms with Crippen LogP contribution < -0.4 is 18.9 Å². The molecule has 0 bridgehead atoms. The summed E-state index contributed by atoms with van der Waals surface area (Å²) in [5.74, 6) is 1.000. The lowest BCUT2D eigenvalue weighted by atomic mass is 10.1. The Balaban J connectivity index is 2.04. The van der Waals surface area contributed by atoms with Crippen molar-refractivity contribution in [2.45, 2.75) is 6.42 Å².